The Labute approximate surface area is 175 Å². The topological polar surface area (TPSA) is 69.7 Å². The van der Waals surface area contributed by atoms with Gasteiger partial charge >= 0.3 is 0 Å². The van der Waals surface area contributed by atoms with E-state index in [1.807, 2.05) is 30.3 Å². The van der Waals surface area contributed by atoms with Crippen molar-refractivity contribution in [3.8, 4) is 11.1 Å². The molecule has 1 aliphatic heterocycles. The quantitative estimate of drug-likeness (QED) is 0.745. The van der Waals surface area contributed by atoms with Gasteiger partial charge in [0.2, 0.25) is 5.91 Å². The molecule has 3 rings (SSSR count). The Morgan fingerprint density at radius 1 is 1.17 bits per heavy atom. The van der Waals surface area contributed by atoms with E-state index < -0.39 is 11.7 Å². The van der Waals surface area contributed by atoms with Crippen molar-refractivity contribution in [2.24, 2.45) is 0 Å². The van der Waals surface area contributed by atoms with Crippen molar-refractivity contribution >= 4 is 23.8 Å². The molecule has 0 aromatic heterocycles. The van der Waals surface area contributed by atoms with Gasteiger partial charge in [-0.1, -0.05) is 30.3 Å². The molecule has 0 saturated carbocycles. The summed E-state index contributed by atoms with van der Waals surface area (Å²) in [6.07, 6.45) is 1.85. The first-order valence-corrected chi connectivity index (χ1v) is 9.70. The van der Waals surface area contributed by atoms with Crippen molar-refractivity contribution in [2.45, 2.75) is 12.8 Å². The molecule has 30 heavy (non-hydrogen) atoms. The van der Waals surface area contributed by atoms with Crippen molar-refractivity contribution < 1.29 is 18.8 Å². The fourth-order valence-corrected chi connectivity index (χ4v) is 3.47. The monoisotopic (exact) mass is 409 g/mol. The molecular formula is C23H24FN3O3. The predicted octanol–water partition coefficient (Wildman–Crippen LogP) is 3.07. The standard InChI is InChI=1S/C23H24FN3O3/c1-26(2)23(30)22-17(15-28)9-6-12-27(22)14-21(29)25-18-10-11-19(20(24)13-18)16-7-4-3-5-8-16/h3-5,7-8,10-11,13,15H,6,9,12,14H2,1-2H3,(H,25,29). The molecule has 156 valence electrons. The van der Waals surface area contributed by atoms with Crippen LogP contribution in [0.3, 0.4) is 0 Å². The molecule has 0 unspecified atom stereocenters. The smallest absolute Gasteiger partial charge is 0.270 e. The number of amides is 2. The van der Waals surface area contributed by atoms with E-state index in [4.69, 9.17) is 0 Å². The van der Waals surface area contributed by atoms with Crippen LogP contribution in [0.25, 0.3) is 11.1 Å². The summed E-state index contributed by atoms with van der Waals surface area (Å²) in [5.74, 6) is -1.15. The van der Waals surface area contributed by atoms with Crippen LogP contribution in [0.15, 0.2) is 59.8 Å². The highest BCUT2D eigenvalue weighted by Gasteiger charge is 2.28. The Kier molecular flexibility index (Phi) is 6.61. The lowest BCUT2D eigenvalue weighted by Crippen LogP contribution is -2.42. The second-order valence-corrected chi connectivity index (χ2v) is 7.33. The summed E-state index contributed by atoms with van der Waals surface area (Å²) in [6.45, 7) is 0.384. The molecule has 0 aliphatic carbocycles. The maximum absolute atomic E-state index is 14.5. The van der Waals surface area contributed by atoms with Crippen molar-refractivity contribution in [2.75, 3.05) is 32.5 Å². The van der Waals surface area contributed by atoms with E-state index in [0.29, 0.717) is 42.5 Å². The van der Waals surface area contributed by atoms with Crippen LogP contribution in [-0.2, 0) is 14.4 Å². The molecule has 0 spiro atoms. The highest BCUT2D eigenvalue weighted by molar-refractivity contribution is 6.00. The van der Waals surface area contributed by atoms with Gasteiger partial charge in [-0.25, -0.2) is 4.39 Å². The van der Waals surface area contributed by atoms with Gasteiger partial charge in [-0.05, 0) is 36.6 Å². The summed E-state index contributed by atoms with van der Waals surface area (Å²) in [5.41, 5.74) is 2.17. The van der Waals surface area contributed by atoms with Crippen molar-refractivity contribution in [3.05, 3.63) is 65.6 Å². The highest BCUT2D eigenvalue weighted by Crippen LogP contribution is 2.26. The SMILES string of the molecule is CN(C)C(=O)C1=C(C=O)CCCN1CC(=O)Nc1ccc(-c2ccccc2)c(F)c1. The van der Waals surface area contributed by atoms with Gasteiger partial charge in [0, 0.05) is 37.5 Å². The molecule has 2 amide bonds. The molecule has 0 fully saturated rings. The number of likely N-dealkylation sites (N-methyl/N-ethyl adjacent to an activating group) is 1. The van der Waals surface area contributed by atoms with Crippen molar-refractivity contribution in [1.82, 2.24) is 9.80 Å². The summed E-state index contributed by atoms with van der Waals surface area (Å²) < 4.78 is 14.5. The number of nitrogens with one attached hydrogen (secondary N) is 1. The van der Waals surface area contributed by atoms with Crippen molar-refractivity contribution in [1.29, 1.82) is 0 Å². The van der Waals surface area contributed by atoms with Crippen LogP contribution in [0.5, 0.6) is 0 Å². The van der Waals surface area contributed by atoms with Crippen LogP contribution in [0.4, 0.5) is 10.1 Å². The third kappa shape index (κ3) is 4.74. The van der Waals surface area contributed by atoms with E-state index in [2.05, 4.69) is 5.32 Å². The molecule has 7 heteroatoms. The lowest BCUT2D eigenvalue weighted by molar-refractivity contribution is -0.127. The molecule has 2 aromatic rings. The molecular weight excluding hydrogens is 385 g/mol. The molecule has 0 bridgehead atoms. The number of rotatable bonds is 6. The second-order valence-electron chi connectivity index (χ2n) is 7.33. The van der Waals surface area contributed by atoms with Crippen LogP contribution in [0, 0.1) is 5.82 Å². The minimum Gasteiger partial charge on any atom is -0.357 e. The van der Waals surface area contributed by atoms with Crippen LogP contribution in [-0.4, -0.2) is 55.1 Å². The molecule has 0 atom stereocenters. The Hall–Kier alpha value is -3.48. The van der Waals surface area contributed by atoms with Gasteiger partial charge in [-0.3, -0.25) is 14.4 Å². The maximum atomic E-state index is 14.5. The van der Waals surface area contributed by atoms with Gasteiger partial charge in [0.25, 0.3) is 5.91 Å². The van der Waals surface area contributed by atoms with Gasteiger partial charge < -0.3 is 15.1 Å². The Balaban J connectivity index is 1.74. The normalized spacial score (nSPS) is 13.8. The average molecular weight is 409 g/mol. The molecule has 1 aliphatic rings. The van der Waals surface area contributed by atoms with Crippen molar-refractivity contribution in [3.63, 3.8) is 0 Å². The Morgan fingerprint density at radius 2 is 1.90 bits per heavy atom. The number of halogens is 1. The zero-order valence-electron chi connectivity index (χ0n) is 17.0. The Morgan fingerprint density at radius 3 is 2.53 bits per heavy atom. The second kappa shape index (κ2) is 9.35. The fraction of sp³-hybridized carbons (Fsp3) is 0.261. The number of anilines is 1. The number of aldehydes is 1. The third-order valence-electron chi connectivity index (χ3n) is 4.92. The Bertz CT molecular complexity index is 986. The van der Waals surface area contributed by atoms with Crippen LogP contribution in [0.1, 0.15) is 12.8 Å². The zero-order chi connectivity index (χ0) is 21.7. The first-order chi connectivity index (χ1) is 14.4. The first-order valence-electron chi connectivity index (χ1n) is 9.70. The molecule has 1 heterocycles. The maximum Gasteiger partial charge on any atom is 0.270 e. The highest BCUT2D eigenvalue weighted by atomic mass is 19.1. The summed E-state index contributed by atoms with van der Waals surface area (Å²) >= 11 is 0. The predicted molar refractivity (Wildman–Crippen MR) is 113 cm³/mol. The minimum absolute atomic E-state index is 0.103. The van der Waals surface area contributed by atoms with E-state index in [-0.39, 0.29) is 18.1 Å². The number of nitrogens with zero attached hydrogens (tertiary/aromatic N) is 2. The lowest BCUT2D eigenvalue weighted by Gasteiger charge is -2.32. The molecule has 6 nitrogen and oxygen atoms in total. The van der Waals surface area contributed by atoms with E-state index in [1.54, 1.807) is 31.1 Å². The number of hydrogen-bond acceptors (Lipinski definition) is 4. The summed E-state index contributed by atoms with van der Waals surface area (Å²) in [6, 6.07) is 13.7. The van der Waals surface area contributed by atoms with Gasteiger partial charge in [0.05, 0.1) is 6.54 Å². The van der Waals surface area contributed by atoms with E-state index in [9.17, 15) is 18.8 Å². The minimum atomic E-state index is -0.441. The van der Waals surface area contributed by atoms with Gasteiger partial charge in [0.15, 0.2) is 0 Å². The number of hydrogen-bond donors (Lipinski definition) is 1. The van der Waals surface area contributed by atoms with E-state index in [0.717, 1.165) is 5.56 Å². The van der Waals surface area contributed by atoms with Gasteiger partial charge in [-0.15, -0.1) is 0 Å². The van der Waals surface area contributed by atoms with E-state index >= 15 is 0 Å². The average Bonchev–Trinajstić information content (AvgIpc) is 2.73. The number of carbonyl (C=O) groups excluding carboxylic acids is 3. The van der Waals surface area contributed by atoms with Crippen LogP contribution in [0.2, 0.25) is 0 Å². The molecule has 0 saturated heterocycles. The van der Waals surface area contributed by atoms with Gasteiger partial charge in [0.1, 0.15) is 17.8 Å². The van der Waals surface area contributed by atoms with Crippen LogP contribution < -0.4 is 5.32 Å². The first kappa shape index (κ1) is 21.2. The third-order valence-corrected chi connectivity index (χ3v) is 4.92. The number of allylic oxidation sites excluding steroid dienone is 1. The zero-order valence-corrected chi connectivity index (χ0v) is 17.0. The van der Waals surface area contributed by atoms with E-state index in [1.165, 1.54) is 11.0 Å². The summed E-state index contributed by atoms with van der Waals surface area (Å²) in [4.78, 5) is 39.5. The lowest BCUT2D eigenvalue weighted by atomic mass is 10.0. The van der Waals surface area contributed by atoms with Crippen LogP contribution >= 0.6 is 0 Å². The molecule has 0 radical (unpaired) electrons. The molecule has 2 aromatic carbocycles. The molecule has 1 N–H and O–H groups in total. The number of benzene rings is 2. The number of carbonyl (C=O) groups is 3. The van der Waals surface area contributed by atoms with Gasteiger partial charge in [-0.2, -0.15) is 0 Å². The fourth-order valence-electron chi connectivity index (χ4n) is 3.47. The summed E-state index contributed by atoms with van der Waals surface area (Å²) in [5, 5.41) is 2.67. The summed E-state index contributed by atoms with van der Waals surface area (Å²) in [7, 11) is 3.20. The largest absolute Gasteiger partial charge is 0.357 e.